The van der Waals surface area contributed by atoms with Crippen LogP contribution in [0.2, 0.25) is 0 Å². The zero-order chi connectivity index (χ0) is 12.8. The molecule has 1 nitrogen and oxygen atoms in total. The summed E-state index contributed by atoms with van der Waals surface area (Å²) in [7, 11) is 0. The summed E-state index contributed by atoms with van der Waals surface area (Å²) in [6.07, 6.45) is 0.559. The summed E-state index contributed by atoms with van der Waals surface area (Å²) in [4.78, 5) is 0. The van der Waals surface area contributed by atoms with Crippen molar-refractivity contribution in [3.05, 3.63) is 35.4 Å². The number of halogens is 2. The van der Waals surface area contributed by atoms with Crippen LogP contribution in [0.3, 0.4) is 0 Å². The third-order valence-electron chi connectivity index (χ3n) is 2.64. The van der Waals surface area contributed by atoms with E-state index in [-0.39, 0.29) is 12.0 Å². The van der Waals surface area contributed by atoms with Crippen molar-refractivity contribution in [3.8, 4) is 0 Å². The van der Waals surface area contributed by atoms with Crippen molar-refractivity contribution in [2.45, 2.75) is 38.0 Å². The van der Waals surface area contributed by atoms with Gasteiger partial charge in [-0.15, -0.1) is 0 Å². The van der Waals surface area contributed by atoms with Crippen molar-refractivity contribution >= 4 is 11.8 Å². The van der Waals surface area contributed by atoms with Crippen molar-refractivity contribution < 1.29 is 13.9 Å². The Bertz CT molecular complexity index is 357. The van der Waals surface area contributed by atoms with E-state index in [2.05, 4.69) is 13.8 Å². The average molecular weight is 260 g/mol. The Labute approximate surface area is 105 Å². The summed E-state index contributed by atoms with van der Waals surface area (Å²) in [6, 6.07) is 4.05. The Kier molecular flexibility index (Phi) is 5.92. The lowest BCUT2D eigenvalue weighted by molar-refractivity contribution is 0.198. The van der Waals surface area contributed by atoms with E-state index in [9.17, 15) is 13.9 Å². The van der Waals surface area contributed by atoms with Crippen molar-refractivity contribution in [3.63, 3.8) is 0 Å². The molecule has 0 amide bonds. The van der Waals surface area contributed by atoms with E-state index in [1.807, 2.05) is 0 Å². The number of aliphatic hydroxyl groups excluding tert-OH is 1. The van der Waals surface area contributed by atoms with Crippen LogP contribution in [-0.4, -0.2) is 22.2 Å². The summed E-state index contributed by atoms with van der Waals surface area (Å²) in [5.41, 5.74) is 0.238. The second-order valence-electron chi connectivity index (χ2n) is 4.12. The quantitative estimate of drug-likeness (QED) is 0.846. The Morgan fingerprint density at radius 2 is 2.06 bits per heavy atom. The molecule has 0 aliphatic rings. The fourth-order valence-electron chi connectivity index (χ4n) is 1.41. The van der Waals surface area contributed by atoms with Crippen LogP contribution in [-0.2, 0) is 6.42 Å². The summed E-state index contributed by atoms with van der Waals surface area (Å²) in [5.74, 6) is -1.16. The number of rotatable bonds is 6. The lowest BCUT2D eigenvalue weighted by Gasteiger charge is -2.14. The van der Waals surface area contributed by atoms with Crippen LogP contribution in [0.5, 0.6) is 0 Å². The minimum atomic E-state index is -0.857. The summed E-state index contributed by atoms with van der Waals surface area (Å²) >= 11 is 1.65. The van der Waals surface area contributed by atoms with Crippen molar-refractivity contribution in [1.82, 2.24) is 0 Å². The fraction of sp³-hybridized carbons (Fsp3) is 0.538. The molecule has 0 aromatic heterocycles. The predicted molar refractivity (Wildman–Crippen MR) is 68.3 cm³/mol. The van der Waals surface area contributed by atoms with Gasteiger partial charge in [0.1, 0.15) is 0 Å². The van der Waals surface area contributed by atoms with Gasteiger partial charge in [-0.1, -0.05) is 26.0 Å². The molecule has 0 radical (unpaired) electrons. The molecule has 4 heteroatoms. The summed E-state index contributed by atoms with van der Waals surface area (Å²) < 4.78 is 26.3. The minimum absolute atomic E-state index is 0.160. The molecule has 0 saturated heterocycles. The highest BCUT2D eigenvalue weighted by atomic mass is 32.2. The van der Waals surface area contributed by atoms with Crippen LogP contribution in [0.1, 0.15) is 25.8 Å². The topological polar surface area (TPSA) is 20.2 Å². The molecule has 2 unspecified atom stereocenters. The first-order chi connectivity index (χ1) is 8.04. The summed E-state index contributed by atoms with van der Waals surface area (Å²) in [5, 5.41) is 10.2. The van der Waals surface area contributed by atoms with E-state index < -0.39 is 17.7 Å². The number of aliphatic hydroxyl groups is 1. The molecule has 1 N–H and O–H groups in total. The SMILES string of the molecule is CCC(C)SCC(O)Cc1cccc(F)c1F. The van der Waals surface area contributed by atoms with E-state index in [1.165, 1.54) is 12.1 Å². The second kappa shape index (κ2) is 6.97. The third kappa shape index (κ3) is 4.64. The van der Waals surface area contributed by atoms with E-state index in [1.54, 1.807) is 11.8 Å². The number of benzene rings is 1. The smallest absolute Gasteiger partial charge is 0.162 e. The van der Waals surface area contributed by atoms with Gasteiger partial charge >= 0.3 is 0 Å². The second-order valence-corrected chi connectivity index (χ2v) is 5.59. The molecule has 0 heterocycles. The maximum Gasteiger partial charge on any atom is 0.162 e. The number of hydrogen-bond donors (Lipinski definition) is 1. The van der Waals surface area contributed by atoms with Gasteiger partial charge in [0.05, 0.1) is 6.10 Å². The van der Waals surface area contributed by atoms with E-state index >= 15 is 0 Å². The van der Waals surface area contributed by atoms with Crippen LogP contribution in [0.4, 0.5) is 8.78 Å². The molecule has 0 aliphatic heterocycles. The van der Waals surface area contributed by atoms with E-state index in [0.717, 1.165) is 12.5 Å². The van der Waals surface area contributed by atoms with Crippen molar-refractivity contribution in [2.24, 2.45) is 0 Å². The molecule has 1 aromatic rings. The Balaban J connectivity index is 2.50. The molecule has 1 aromatic carbocycles. The van der Waals surface area contributed by atoms with Crippen LogP contribution in [0.25, 0.3) is 0 Å². The van der Waals surface area contributed by atoms with Gasteiger partial charge in [0.15, 0.2) is 11.6 Å². The highest BCUT2D eigenvalue weighted by Crippen LogP contribution is 2.18. The van der Waals surface area contributed by atoms with Gasteiger partial charge in [0.25, 0.3) is 0 Å². The van der Waals surface area contributed by atoms with Crippen LogP contribution >= 0.6 is 11.8 Å². The normalized spacial score (nSPS) is 14.6. The average Bonchev–Trinajstić information content (AvgIpc) is 2.32. The standard InChI is InChI=1S/C13H18F2OS/c1-3-9(2)17-8-11(16)7-10-5-4-6-12(14)13(10)15/h4-6,9,11,16H,3,7-8H2,1-2H3. The molecular weight excluding hydrogens is 242 g/mol. The first-order valence-electron chi connectivity index (χ1n) is 5.77. The third-order valence-corrected chi connectivity index (χ3v) is 4.11. The van der Waals surface area contributed by atoms with Gasteiger partial charge in [-0.3, -0.25) is 0 Å². The molecule has 0 fully saturated rings. The fourth-order valence-corrected chi connectivity index (χ4v) is 2.32. The maximum absolute atomic E-state index is 13.3. The molecule has 2 atom stereocenters. The first kappa shape index (κ1) is 14.5. The van der Waals surface area contributed by atoms with Gasteiger partial charge in [-0.25, -0.2) is 8.78 Å². The van der Waals surface area contributed by atoms with E-state index in [4.69, 9.17) is 0 Å². The van der Waals surface area contributed by atoms with Crippen molar-refractivity contribution in [1.29, 1.82) is 0 Å². The largest absolute Gasteiger partial charge is 0.392 e. The lowest BCUT2D eigenvalue weighted by Crippen LogP contribution is -2.16. The monoisotopic (exact) mass is 260 g/mol. The van der Waals surface area contributed by atoms with Gasteiger partial charge in [-0.2, -0.15) is 11.8 Å². The molecule has 0 bridgehead atoms. The summed E-state index contributed by atoms with van der Waals surface area (Å²) in [6.45, 7) is 4.16. The number of hydrogen-bond acceptors (Lipinski definition) is 2. The molecule has 1 rings (SSSR count). The van der Waals surface area contributed by atoms with Crippen LogP contribution in [0, 0.1) is 11.6 Å². The molecular formula is C13H18F2OS. The highest BCUT2D eigenvalue weighted by molar-refractivity contribution is 7.99. The first-order valence-corrected chi connectivity index (χ1v) is 6.82. The Hall–Kier alpha value is -0.610. The lowest BCUT2D eigenvalue weighted by atomic mass is 10.1. The zero-order valence-corrected chi connectivity index (χ0v) is 10.9. The zero-order valence-electron chi connectivity index (χ0n) is 10.1. The van der Waals surface area contributed by atoms with E-state index in [0.29, 0.717) is 11.0 Å². The maximum atomic E-state index is 13.3. The van der Waals surface area contributed by atoms with Gasteiger partial charge in [0, 0.05) is 17.4 Å². The van der Waals surface area contributed by atoms with Gasteiger partial charge in [0.2, 0.25) is 0 Å². The molecule has 0 saturated carbocycles. The van der Waals surface area contributed by atoms with Gasteiger partial charge < -0.3 is 5.11 Å². The van der Waals surface area contributed by atoms with Crippen LogP contribution < -0.4 is 0 Å². The Morgan fingerprint density at radius 1 is 1.35 bits per heavy atom. The highest BCUT2D eigenvalue weighted by Gasteiger charge is 2.13. The minimum Gasteiger partial charge on any atom is -0.392 e. The van der Waals surface area contributed by atoms with Gasteiger partial charge in [-0.05, 0) is 18.1 Å². The van der Waals surface area contributed by atoms with Crippen molar-refractivity contribution in [2.75, 3.05) is 5.75 Å². The molecule has 0 aliphatic carbocycles. The molecule has 96 valence electrons. The van der Waals surface area contributed by atoms with Crippen LogP contribution in [0.15, 0.2) is 18.2 Å². The Morgan fingerprint density at radius 3 is 2.71 bits per heavy atom. The predicted octanol–water partition coefficient (Wildman–Crippen LogP) is 3.40. The molecule has 0 spiro atoms. The molecule has 17 heavy (non-hydrogen) atoms. The number of thioether (sulfide) groups is 1.